The SMILES string of the molecule is CCC(COC)Nc1ccc(C#N)cc1OC. The second kappa shape index (κ2) is 6.77. The van der Waals surface area contributed by atoms with Crippen molar-refractivity contribution >= 4 is 5.69 Å². The number of anilines is 1. The molecule has 17 heavy (non-hydrogen) atoms. The largest absolute Gasteiger partial charge is 0.495 e. The Morgan fingerprint density at radius 1 is 1.41 bits per heavy atom. The summed E-state index contributed by atoms with van der Waals surface area (Å²) in [6.07, 6.45) is 0.955. The number of nitrogens with one attached hydrogen (secondary N) is 1. The molecule has 0 radical (unpaired) electrons. The maximum Gasteiger partial charge on any atom is 0.143 e. The number of rotatable bonds is 6. The number of nitriles is 1. The van der Waals surface area contributed by atoms with Crippen molar-refractivity contribution in [2.24, 2.45) is 0 Å². The number of hydrogen-bond donors (Lipinski definition) is 1. The average Bonchev–Trinajstić information content (AvgIpc) is 2.38. The molecule has 1 atom stereocenters. The van der Waals surface area contributed by atoms with E-state index in [9.17, 15) is 0 Å². The highest BCUT2D eigenvalue weighted by atomic mass is 16.5. The summed E-state index contributed by atoms with van der Waals surface area (Å²) in [7, 11) is 3.28. The number of ether oxygens (including phenoxy) is 2. The fourth-order valence-corrected chi connectivity index (χ4v) is 1.56. The van der Waals surface area contributed by atoms with Crippen LogP contribution in [0.15, 0.2) is 18.2 Å². The van der Waals surface area contributed by atoms with Gasteiger partial charge in [-0.1, -0.05) is 6.92 Å². The maximum atomic E-state index is 8.81. The third-order valence-electron chi connectivity index (χ3n) is 2.55. The van der Waals surface area contributed by atoms with Crippen LogP contribution in [0.5, 0.6) is 5.75 Å². The van der Waals surface area contributed by atoms with Gasteiger partial charge in [0.1, 0.15) is 5.75 Å². The fourth-order valence-electron chi connectivity index (χ4n) is 1.56. The Labute approximate surface area is 102 Å². The fraction of sp³-hybridized carbons (Fsp3) is 0.462. The molecule has 0 aliphatic carbocycles. The molecule has 1 unspecified atom stereocenters. The Hall–Kier alpha value is -1.73. The lowest BCUT2D eigenvalue weighted by molar-refractivity contribution is 0.184. The maximum absolute atomic E-state index is 8.81. The van der Waals surface area contributed by atoms with Crippen molar-refractivity contribution < 1.29 is 9.47 Å². The summed E-state index contributed by atoms with van der Waals surface area (Å²) in [5.74, 6) is 0.679. The molecule has 0 fully saturated rings. The van der Waals surface area contributed by atoms with Crippen LogP contribution in [0.2, 0.25) is 0 Å². The van der Waals surface area contributed by atoms with E-state index in [0.717, 1.165) is 12.1 Å². The molecule has 0 saturated carbocycles. The molecule has 1 N–H and O–H groups in total. The predicted molar refractivity (Wildman–Crippen MR) is 67.3 cm³/mol. The molecular weight excluding hydrogens is 216 g/mol. The quantitative estimate of drug-likeness (QED) is 0.821. The van der Waals surface area contributed by atoms with Crippen LogP contribution in [0.3, 0.4) is 0 Å². The normalized spacial score (nSPS) is 11.6. The number of hydrogen-bond acceptors (Lipinski definition) is 4. The number of methoxy groups -OCH3 is 2. The lowest BCUT2D eigenvalue weighted by Crippen LogP contribution is -2.24. The standard InChI is InChI=1S/C13H18N2O2/c1-4-11(9-16-2)15-12-6-5-10(8-14)7-13(12)17-3/h5-7,11,15H,4,9H2,1-3H3. The van der Waals surface area contributed by atoms with Crippen LogP contribution < -0.4 is 10.1 Å². The zero-order valence-corrected chi connectivity index (χ0v) is 10.5. The summed E-state index contributed by atoms with van der Waals surface area (Å²) in [6.45, 7) is 2.73. The van der Waals surface area contributed by atoms with Crippen LogP contribution in [0.1, 0.15) is 18.9 Å². The van der Waals surface area contributed by atoms with E-state index in [2.05, 4.69) is 18.3 Å². The van der Waals surface area contributed by atoms with Crippen molar-refractivity contribution in [2.75, 3.05) is 26.1 Å². The minimum Gasteiger partial charge on any atom is -0.495 e. The predicted octanol–water partition coefficient (Wildman–Crippen LogP) is 2.40. The summed E-state index contributed by atoms with van der Waals surface area (Å²) in [4.78, 5) is 0. The Morgan fingerprint density at radius 2 is 2.18 bits per heavy atom. The molecule has 4 nitrogen and oxygen atoms in total. The Bertz CT molecular complexity index is 399. The van der Waals surface area contributed by atoms with E-state index in [4.69, 9.17) is 14.7 Å². The average molecular weight is 234 g/mol. The van der Waals surface area contributed by atoms with Crippen molar-refractivity contribution in [3.63, 3.8) is 0 Å². The molecule has 0 aromatic heterocycles. The van der Waals surface area contributed by atoms with Crippen LogP contribution >= 0.6 is 0 Å². The summed E-state index contributed by atoms with van der Waals surface area (Å²) in [5, 5.41) is 12.2. The minimum absolute atomic E-state index is 0.238. The van der Waals surface area contributed by atoms with Gasteiger partial charge in [0.05, 0.1) is 31.0 Å². The highest BCUT2D eigenvalue weighted by Gasteiger charge is 2.09. The summed E-state index contributed by atoms with van der Waals surface area (Å²) >= 11 is 0. The molecule has 0 bridgehead atoms. The van der Waals surface area contributed by atoms with Gasteiger partial charge in [0.2, 0.25) is 0 Å². The van der Waals surface area contributed by atoms with E-state index in [1.54, 1.807) is 26.4 Å². The molecule has 4 heteroatoms. The zero-order chi connectivity index (χ0) is 12.7. The van der Waals surface area contributed by atoms with Crippen molar-refractivity contribution in [3.05, 3.63) is 23.8 Å². The zero-order valence-electron chi connectivity index (χ0n) is 10.5. The molecule has 1 rings (SSSR count). The lowest BCUT2D eigenvalue weighted by Gasteiger charge is -2.19. The van der Waals surface area contributed by atoms with Gasteiger partial charge in [-0.3, -0.25) is 0 Å². The molecule has 0 saturated heterocycles. The van der Waals surface area contributed by atoms with Crippen molar-refractivity contribution in [1.29, 1.82) is 5.26 Å². The summed E-state index contributed by atoms with van der Waals surface area (Å²) in [5.41, 5.74) is 1.47. The highest BCUT2D eigenvalue weighted by Crippen LogP contribution is 2.26. The van der Waals surface area contributed by atoms with Crippen molar-refractivity contribution in [1.82, 2.24) is 0 Å². The van der Waals surface area contributed by atoms with E-state index >= 15 is 0 Å². The van der Waals surface area contributed by atoms with E-state index in [-0.39, 0.29) is 6.04 Å². The first kappa shape index (κ1) is 13.3. The van der Waals surface area contributed by atoms with Gasteiger partial charge in [0.15, 0.2) is 0 Å². The van der Waals surface area contributed by atoms with E-state index < -0.39 is 0 Å². The lowest BCUT2D eigenvalue weighted by atomic mass is 10.1. The molecule has 1 aromatic rings. The first-order valence-electron chi connectivity index (χ1n) is 5.58. The molecule has 0 aliphatic heterocycles. The van der Waals surface area contributed by atoms with Gasteiger partial charge in [-0.05, 0) is 18.6 Å². The van der Waals surface area contributed by atoms with Crippen LogP contribution in [-0.2, 0) is 4.74 Å². The van der Waals surface area contributed by atoms with E-state index in [1.165, 1.54) is 0 Å². The molecule has 0 spiro atoms. The minimum atomic E-state index is 0.238. The first-order chi connectivity index (χ1) is 8.24. The second-order valence-corrected chi connectivity index (χ2v) is 3.73. The summed E-state index contributed by atoms with van der Waals surface area (Å²) in [6, 6.07) is 7.68. The molecule has 92 valence electrons. The van der Waals surface area contributed by atoms with E-state index in [0.29, 0.717) is 17.9 Å². The van der Waals surface area contributed by atoms with Crippen LogP contribution in [0.4, 0.5) is 5.69 Å². The topological polar surface area (TPSA) is 54.3 Å². The molecule has 0 amide bonds. The van der Waals surface area contributed by atoms with Gasteiger partial charge in [-0.25, -0.2) is 0 Å². The Morgan fingerprint density at radius 3 is 2.71 bits per heavy atom. The second-order valence-electron chi connectivity index (χ2n) is 3.73. The smallest absolute Gasteiger partial charge is 0.143 e. The highest BCUT2D eigenvalue weighted by molar-refractivity contribution is 5.59. The number of nitrogens with zero attached hydrogens (tertiary/aromatic N) is 1. The van der Waals surface area contributed by atoms with Crippen molar-refractivity contribution in [3.8, 4) is 11.8 Å². The van der Waals surface area contributed by atoms with E-state index in [1.807, 2.05) is 6.07 Å². The van der Waals surface area contributed by atoms with Crippen molar-refractivity contribution in [2.45, 2.75) is 19.4 Å². The Balaban J connectivity index is 2.86. The third kappa shape index (κ3) is 3.65. The number of benzene rings is 1. The monoisotopic (exact) mass is 234 g/mol. The van der Waals surface area contributed by atoms with Gasteiger partial charge in [0.25, 0.3) is 0 Å². The van der Waals surface area contributed by atoms with Gasteiger partial charge >= 0.3 is 0 Å². The van der Waals surface area contributed by atoms with Gasteiger partial charge in [-0.15, -0.1) is 0 Å². The molecule has 0 aliphatic rings. The van der Waals surface area contributed by atoms with Gasteiger partial charge in [0, 0.05) is 19.2 Å². The van der Waals surface area contributed by atoms with Crippen LogP contribution in [-0.4, -0.2) is 26.9 Å². The third-order valence-corrected chi connectivity index (χ3v) is 2.55. The van der Waals surface area contributed by atoms with Crippen LogP contribution in [0.25, 0.3) is 0 Å². The first-order valence-corrected chi connectivity index (χ1v) is 5.58. The van der Waals surface area contributed by atoms with Gasteiger partial charge < -0.3 is 14.8 Å². The summed E-state index contributed by atoms with van der Waals surface area (Å²) < 4.78 is 10.4. The van der Waals surface area contributed by atoms with Crippen LogP contribution in [0, 0.1) is 11.3 Å². The molecule has 0 heterocycles. The molecule has 1 aromatic carbocycles. The molecular formula is C13H18N2O2. The van der Waals surface area contributed by atoms with Gasteiger partial charge in [-0.2, -0.15) is 5.26 Å². The Kier molecular flexibility index (Phi) is 5.31.